The van der Waals surface area contributed by atoms with Crippen LogP contribution in [0.2, 0.25) is 10.0 Å². The van der Waals surface area contributed by atoms with Gasteiger partial charge in [-0.1, -0.05) is 36.2 Å². The summed E-state index contributed by atoms with van der Waals surface area (Å²) in [6.45, 7) is 8.64. The molecule has 5 atom stereocenters. The molecule has 2 aliphatic heterocycles. The summed E-state index contributed by atoms with van der Waals surface area (Å²) in [6, 6.07) is 5.57. The summed E-state index contributed by atoms with van der Waals surface area (Å²) < 4.78 is 47.6. The molecule has 2 N–H and O–H groups in total. The Hall–Kier alpha value is -3.23. The molecule has 2 aromatic heterocycles. The fourth-order valence-corrected chi connectivity index (χ4v) is 6.72. The number of carboxylic acid groups (broad SMARTS) is 2. The predicted molar refractivity (Wildman–Crippen MR) is 161 cm³/mol. The van der Waals surface area contributed by atoms with Crippen LogP contribution in [0.25, 0.3) is 11.2 Å². The predicted octanol–water partition coefficient (Wildman–Crippen LogP) is 6.18. The van der Waals surface area contributed by atoms with Gasteiger partial charge in [0.05, 0.1) is 17.9 Å². The van der Waals surface area contributed by atoms with Crippen LogP contribution in [0.3, 0.4) is 0 Å². The lowest BCUT2D eigenvalue weighted by Crippen LogP contribution is -2.52. The van der Waals surface area contributed by atoms with Crippen LogP contribution in [-0.2, 0) is 9.59 Å². The number of carboxylic acids is 2. The number of aryl methyl sites for hydroxylation is 1. The van der Waals surface area contributed by atoms with Gasteiger partial charge in [0.15, 0.2) is 11.8 Å². The number of fused-ring (bicyclic) bond motifs is 1. The van der Waals surface area contributed by atoms with Crippen molar-refractivity contribution in [1.29, 1.82) is 0 Å². The van der Waals surface area contributed by atoms with Crippen molar-refractivity contribution in [2.45, 2.75) is 76.9 Å². The number of anilines is 1. The van der Waals surface area contributed by atoms with Crippen molar-refractivity contribution in [3.8, 4) is 0 Å². The van der Waals surface area contributed by atoms with Gasteiger partial charge < -0.3 is 15.1 Å². The molecule has 0 spiro atoms. The molecule has 2 fully saturated rings. The molecule has 2 aliphatic rings. The second-order valence-corrected chi connectivity index (χ2v) is 12.3. The molecule has 2 saturated heterocycles. The Labute approximate surface area is 266 Å². The average Bonchev–Trinajstić information content (AvgIpc) is 3.56. The molecule has 1 aromatic carbocycles. The number of nitrogens with zero attached hydrogens (tertiary/aromatic N) is 6. The zero-order valence-electron chi connectivity index (χ0n) is 24.8. The Morgan fingerprint density at radius 3 is 2.44 bits per heavy atom. The Morgan fingerprint density at radius 1 is 1.16 bits per heavy atom. The SMILES string of the molecule is Cc1nn([C@H](C)c2ccc(Cl)cc2Cl)c2nc(N3CCC(N4CCC[C@H]4CC(F)C(=O)O)C(C)C3)cnc12.O=C(O)C(F)(F)F. The highest BCUT2D eigenvalue weighted by atomic mass is 35.5. The molecule has 45 heavy (non-hydrogen) atoms. The van der Waals surface area contributed by atoms with Gasteiger partial charge in [-0.3, -0.25) is 4.90 Å². The van der Waals surface area contributed by atoms with Crippen LogP contribution in [0.1, 0.15) is 56.8 Å². The fraction of sp³-hybridized carbons (Fsp3) is 0.552. The highest BCUT2D eigenvalue weighted by Crippen LogP contribution is 2.34. The van der Waals surface area contributed by atoms with Crippen LogP contribution in [-0.4, -0.2) is 90.9 Å². The largest absolute Gasteiger partial charge is 0.490 e. The number of hydrogen-bond donors (Lipinski definition) is 2. The zero-order valence-corrected chi connectivity index (χ0v) is 26.3. The first-order valence-corrected chi connectivity index (χ1v) is 15.2. The van der Waals surface area contributed by atoms with Gasteiger partial charge in [0.2, 0.25) is 0 Å². The van der Waals surface area contributed by atoms with E-state index in [2.05, 4.69) is 16.7 Å². The second-order valence-electron chi connectivity index (χ2n) is 11.4. The third kappa shape index (κ3) is 7.95. The second kappa shape index (κ2) is 14.0. The monoisotopic (exact) mass is 676 g/mol. The van der Waals surface area contributed by atoms with E-state index in [1.165, 1.54) is 0 Å². The molecule has 0 amide bonds. The molecule has 5 rings (SSSR count). The number of rotatable bonds is 7. The third-order valence-electron chi connectivity index (χ3n) is 8.36. The summed E-state index contributed by atoms with van der Waals surface area (Å²) in [7, 11) is 0. The maximum Gasteiger partial charge on any atom is 0.490 e. The zero-order chi connectivity index (χ0) is 33.2. The van der Waals surface area contributed by atoms with E-state index in [0.717, 1.165) is 61.5 Å². The quantitative estimate of drug-likeness (QED) is 0.282. The van der Waals surface area contributed by atoms with E-state index in [9.17, 15) is 22.4 Å². The minimum Gasteiger partial charge on any atom is -0.479 e. The lowest BCUT2D eigenvalue weighted by Gasteiger charge is -2.44. The van der Waals surface area contributed by atoms with E-state index in [0.29, 0.717) is 21.6 Å². The number of halogens is 6. The summed E-state index contributed by atoms with van der Waals surface area (Å²) in [5.74, 6) is -3.02. The molecule has 0 bridgehead atoms. The van der Waals surface area contributed by atoms with E-state index in [1.54, 1.807) is 6.07 Å². The molecule has 3 unspecified atom stereocenters. The van der Waals surface area contributed by atoms with Crippen LogP contribution in [0.4, 0.5) is 23.4 Å². The van der Waals surface area contributed by atoms with Crippen molar-refractivity contribution >= 4 is 52.1 Å². The molecular formula is C29H34Cl2F4N6O4. The topological polar surface area (TPSA) is 125 Å². The van der Waals surface area contributed by atoms with Crippen LogP contribution in [0.5, 0.6) is 0 Å². The summed E-state index contributed by atoms with van der Waals surface area (Å²) in [4.78, 5) is 34.3. The molecule has 16 heteroatoms. The average molecular weight is 678 g/mol. The van der Waals surface area contributed by atoms with E-state index in [1.807, 2.05) is 36.9 Å². The fourth-order valence-electron chi connectivity index (χ4n) is 6.16. The minimum absolute atomic E-state index is 0.0188. The highest BCUT2D eigenvalue weighted by molar-refractivity contribution is 6.35. The number of alkyl halides is 4. The van der Waals surface area contributed by atoms with Crippen molar-refractivity contribution in [2.75, 3.05) is 24.5 Å². The van der Waals surface area contributed by atoms with E-state index in [-0.39, 0.29) is 24.5 Å². The van der Waals surface area contributed by atoms with Gasteiger partial charge >= 0.3 is 18.1 Å². The van der Waals surface area contributed by atoms with Crippen molar-refractivity contribution in [2.24, 2.45) is 5.92 Å². The minimum atomic E-state index is -5.08. The van der Waals surface area contributed by atoms with Gasteiger partial charge in [-0.05, 0) is 63.3 Å². The lowest BCUT2D eigenvalue weighted by atomic mass is 9.91. The number of aromatic nitrogens is 4. The highest BCUT2D eigenvalue weighted by Gasteiger charge is 2.39. The smallest absolute Gasteiger partial charge is 0.479 e. The van der Waals surface area contributed by atoms with Crippen LogP contribution in [0, 0.1) is 12.8 Å². The van der Waals surface area contributed by atoms with Gasteiger partial charge in [0.1, 0.15) is 11.3 Å². The number of aliphatic carboxylic acids is 2. The van der Waals surface area contributed by atoms with E-state index in [4.69, 9.17) is 53.3 Å². The Kier molecular flexibility index (Phi) is 10.8. The van der Waals surface area contributed by atoms with Gasteiger partial charge in [-0.15, -0.1) is 0 Å². The summed E-state index contributed by atoms with van der Waals surface area (Å²) >= 11 is 12.6. The van der Waals surface area contributed by atoms with Crippen LogP contribution >= 0.6 is 23.2 Å². The summed E-state index contributed by atoms with van der Waals surface area (Å²) in [5.41, 5.74) is 3.17. The number of hydrogen-bond acceptors (Lipinski definition) is 7. The lowest BCUT2D eigenvalue weighted by molar-refractivity contribution is -0.192. The molecule has 4 heterocycles. The summed E-state index contributed by atoms with van der Waals surface area (Å²) in [6.07, 6.45) is -2.29. The standard InChI is InChI=1S/C27H33Cl2FN6O2.C2HF3O2/c1-15-14-34(10-8-23(15)35-9-4-5-19(35)12-22(30)27(37)38)24-13-31-25-16(2)33-36(26(25)32-24)17(3)20-7-6-18(28)11-21(20)29;3-2(4,5)1(6)7/h6-7,11,13,15,17,19,22-23H,4-5,8-10,12,14H2,1-3H3,(H,37,38);(H,6,7)/t15?,17-,19+,22?,23?;/m1./s1. The third-order valence-corrected chi connectivity index (χ3v) is 8.92. The van der Waals surface area contributed by atoms with E-state index < -0.39 is 24.3 Å². The molecular weight excluding hydrogens is 643 g/mol. The van der Waals surface area contributed by atoms with Crippen molar-refractivity contribution < 1.29 is 37.4 Å². The molecule has 0 aliphatic carbocycles. The first-order chi connectivity index (χ1) is 21.1. The first-order valence-electron chi connectivity index (χ1n) is 14.4. The van der Waals surface area contributed by atoms with Gasteiger partial charge in [0.25, 0.3) is 0 Å². The van der Waals surface area contributed by atoms with Crippen molar-refractivity contribution in [3.05, 3.63) is 45.7 Å². The molecule has 0 radical (unpaired) electrons. The van der Waals surface area contributed by atoms with Crippen LogP contribution < -0.4 is 4.90 Å². The Morgan fingerprint density at radius 2 is 1.84 bits per heavy atom. The van der Waals surface area contributed by atoms with Gasteiger partial charge in [-0.2, -0.15) is 18.3 Å². The number of likely N-dealkylation sites (tertiary alicyclic amines) is 1. The van der Waals surface area contributed by atoms with Crippen molar-refractivity contribution in [3.63, 3.8) is 0 Å². The number of carbonyl (C=O) groups is 2. The number of piperidine rings is 1. The Bertz CT molecular complexity index is 1540. The molecule has 0 saturated carbocycles. The molecule has 246 valence electrons. The van der Waals surface area contributed by atoms with Crippen molar-refractivity contribution in [1.82, 2.24) is 24.6 Å². The maximum absolute atomic E-state index is 14.0. The number of benzene rings is 1. The summed E-state index contributed by atoms with van der Waals surface area (Å²) in [5, 5.41) is 22.1. The Balaban J connectivity index is 0.000000591. The van der Waals surface area contributed by atoms with E-state index >= 15 is 0 Å². The first kappa shape index (κ1) is 34.6. The maximum atomic E-state index is 14.0. The van der Waals surface area contributed by atoms with Crippen LogP contribution in [0.15, 0.2) is 24.4 Å². The van der Waals surface area contributed by atoms with Gasteiger partial charge in [-0.25, -0.2) is 28.6 Å². The molecule has 3 aromatic rings. The van der Waals surface area contributed by atoms with Gasteiger partial charge in [0, 0.05) is 41.6 Å². The molecule has 10 nitrogen and oxygen atoms in total. The normalized spacial score (nSPS) is 22.2.